The smallest absolute Gasteiger partial charge is 0.251 e. The second-order valence-corrected chi connectivity index (χ2v) is 6.66. The van der Waals surface area contributed by atoms with E-state index in [-0.39, 0.29) is 18.2 Å². The number of aliphatic hydroxyl groups is 1. The minimum atomic E-state index is -0.747. The number of nitrogens with one attached hydrogen (secondary N) is 1. The van der Waals surface area contributed by atoms with E-state index in [1.165, 1.54) is 18.3 Å². The van der Waals surface area contributed by atoms with Gasteiger partial charge >= 0.3 is 0 Å². The molecule has 0 radical (unpaired) electrons. The van der Waals surface area contributed by atoms with E-state index in [4.69, 9.17) is 0 Å². The zero-order valence-corrected chi connectivity index (χ0v) is 14.0. The van der Waals surface area contributed by atoms with Crippen LogP contribution in [0.2, 0.25) is 0 Å². The van der Waals surface area contributed by atoms with Crippen LogP contribution in [0.25, 0.3) is 10.1 Å². The molecule has 4 nitrogen and oxygen atoms in total. The predicted molar refractivity (Wildman–Crippen MR) is 95.6 cm³/mol. The van der Waals surface area contributed by atoms with Crippen LogP contribution in [0.1, 0.15) is 38.6 Å². The summed E-state index contributed by atoms with van der Waals surface area (Å²) in [4.78, 5) is 24.2. The molecule has 0 saturated heterocycles. The monoisotopic (exact) mass is 339 g/mol. The van der Waals surface area contributed by atoms with E-state index in [0.29, 0.717) is 11.1 Å². The summed E-state index contributed by atoms with van der Waals surface area (Å²) in [5.41, 5.74) is 1.03. The fraction of sp³-hybridized carbons (Fsp3) is 0.158. The average Bonchev–Trinajstić information content (AvgIpc) is 3.03. The third-order valence-corrected chi connectivity index (χ3v) is 5.00. The highest BCUT2D eigenvalue weighted by Crippen LogP contribution is 2.29. The first-order valence-corrected chi connectivity index (χ1v) is 8.42. The Morgan fingerprint density at radius 3 is 2.42 bits per heavy atom. The van der Waals surface area contributed by atoms with Crippen molar-refractivity contribution in [2.24, 2.45) is 0 Å². The van der Waals surface area contributed by atoms with Gasteiger partial charge in [-0.15, -0.1) is 11.3 Å². The Bertz CT molecular complexity index is 850. The average molecular weight is 339 g/mol. The Kier molecular flexibility index (Phi) is 4.74. The van der Waals surface area contributed by atoms with Crippen molar-refractivity contribution in [1.82, 2.24) is 5.32 Å². The molecule has 1 unspecified atom stereocenters. The van der Waals surface area contributed by atoms with Gasteiger partial charge in [0.05, 0.1) is 0 Å². The van der Waals surface area contributed by atoms with E-state index >= 15 is 0 Å². The van der Waals surface area contributed by atoms with E-state index in [9.17, 15) is 14.7 Å². The molecule has 24 heavy (non-hydrogen) atoms. The van der Waals surface area contributed by atoms with Crippen LogP contribution >= 0.6 is 11.3 Å². The Balaban J connectivity index is 1.63. The van der Waals surface area contributed by atoms with Gasteiger partial charge in [-0.2, -0.15) is 0 Å². The number of carbonyl (C=O) groups excluding carboxylic acids is 2. The van der Waals surface area contributed by atoms with Gasteiger partial charge in [0.1, 0.15) is 6.10 Å². The molecule has 1 heterocycles. The molecule has 2 aromatic carbocycles. The highest BCUT2D eigenvalue weighted by Gasteiger charge is 2.14. The number of aliphatic hydroxyl groups excluding tert-OH is 1. The first kappa shape index (κ1) is 16.4. The molecule has 0 spiro atoms. The zero-order chi connectivity index (χ0) is 17.1. The van der Waals surface area contributed by atoms with Crippen molar-refractivity contribution in [1.29, 1.82) is 0 Å². The largest absolute Gasteiger partial charge is 0.386 e. The summed E-state index contributed by atoms with van der Waals surface area (Å²) in [5.74, 6) is -0.313. The van der Waals surface area contributed by atoms with Gasteiger partial charge < -0.3 is 10.4 Å². The van der Waals surface area contributed by atoms with Crippen LogP contribution in [-0.2, 0) is 0 Å². The first-order chi connectivity index (χ1) is 11.5. The lowest BCUT2D eigenvalue weighted by Gasteiger charge is -2.10. The number of hydrogen-bond donors (Lipinski definition) is 2. The quantitative estimate of drug-likeness (QED) is 0.699. The van der Waals surface area contributed by atoms with Crippen LogP contribution in [0.3, 0.4) is 0 Å². The second-order valence-electron chi connectivity index (χ2n) is 5.55. The normalized spacial score (nSPS) is 12.1. The molecule has 0 fully saturated rings. The number of hydrogen-bond acceptors (Lipinski definition) is 4. The van der Waals surface area contributed by atoms with Gasteiger partial charge in [0.25, 0.3) is 5.91 Å². The topological polar surface area (TPSA) is 66.4 Å². The molecule has 1 aromatic heterocycles. The first-order valence-electron chi connectivity index (χ1n) is 7.60. The summed E-state index contributed by atoms with van der Waals surface area (Å²) in [6, 6.07) is 16.3. The van der Waals surface area contributed by atoms with Crippen LogP contribution in [0, 0.1) is 0 Å². The van der Waals surface area contributed by atoms with Crippen LogP contribution in [0.5, 0.6) is 0 Å². The number of ketones is 1. The molecule has 5 heteroatoms. The number of amides is 1. The number of rotatable bonds is 5. The summed E-state index contributed by atoms with van der Waals surface area (Å²) in [6.45, 7) is 1.62. The van der Waals surface area contributed by atoms with Crippen molar-refractivity contribution in [2.75, 3.05) is 6.54 Å². The van der Waals surface area contributed by atoms with E-state index < -0.39 is 6.10 Å². The van der Waals surface area contributed by atoms with Gasteiger partial charge in [-0.1, -0.05) is 30.3 Å². The van der Waals surface area contributed by atoms with Crippen LogP contribution < -0.4 is 5.32 Å². The second kappa shape index (κ2) is 6.95. The maximum atomic E-state index is 12.1. The van der Waals surface area contributed by atoms with Gasteiger partial charge in [-0.3, -0.25) is 9.59 Å². The molecule has 0 aliphatic carbocycles. The summed E-state index contributed by atoms with van der Waals surface area (Å²) in [5, 5.41) is 14.1. The van der Waals surface area contributed by atoms with Crippen molar-refractivity contribution >= 4 is 33.1 Å². The van der Waals surface area contributed by atoms with Crippen molar-refractivity contribution < 1.29 is 14.7 Å². The summed E-state index contributed by atoms with van der Waals surface area (Å²) >= 11 is 1.52. The third kappa shape index (κ3) is 3.53. The molecule has 0 saturated carbocycles. The highest BCUT2D eigenvalue weighted by molar-refractivity contribution is 7.19. The van der Waals surface area contributed by atoms with E-state index in [0.717, 1.165) is 15.0 Å². The molecular formula is C19H17NO3S. The minimum Gasteiger partial charge on any atom is -0.386 e. The molecule has 1 amide bonds. The Hall–Kier alpha value is -2.50. The lowest BCUT2D eigenvalue weighted by Crippen LogP contribution is -2.28. The molecular weight excluding hydrogens is 322 g/mol. The number of carbonyl (C=O) groups is 2. The van der Waals surface area contributed by atoms with Gasteiger partial charge in [0, 0.05) is 27.2 Å². The van der Waals surface area contributed by atoms with Crippen molar-refractivity contribution in [3.05, 3.63) is 70.6 Å². The Labute approximate surface area is 143 Å². The Morgan fingerprint density at radius 1 is 1.08 bits per heavy atom. The molecule has 0 aliphatic heterocycles. The summed E-state index contributed by atoms with van der Waals surface area (Å²) in [6.07, 6.45) is -0.747. The summed E-state index contributed by atoms with van der Waals surface area (Å²) < 4.78 is 1.11. The van der Waals surface area contributed by atoms with Gasteiger partial charge in [0.15, 0.2) is 5.78 Å². The maximum absolute atomic E-state index is 12.1. The van der Waals surface area contributed by atoms with E-state index in [2.05, 4.69) is 5.32 Å². The highest BCUT2D eigenvalue weighted by atomic mass is 32.1. The predicted octanol–water partition coefficient (Wildman–Crippen LogP) is 3.57. The SMILES string of the molecule is CC(=O)c1ccc(C(=O)NCC(O)c2cc3ccccc3s2)cc1. The van der Waals surface area contributed by atoms with Crippen LogP contribution in [0.4, 0.5) is 0 Å². The van der Waals surface area contributed by atoms with Crippen LogP contribution in [0.15, 0.2) is 54.6 Å². The van der Waals surface area contributed by atoms with E-state index in [1.807, 2.05) is 30.3 Å². The summed E-state index contributed by atoms with van der Waals surface area (Å²) in [7, 11) is 0. The molecule has 0 aliphatic rings. The fourth-order valence-electron chi connectivity index (χ4n) is 2.41. The molecule has 122 valence electrons. The molecule has 1 atom stereocenters. The minimum absolute atomic E-state index is 0.0397. The molecule has 3 aromatic rings. The molecule has 2 N–H and O–H groups in total. The van der Waals surface area contributed by atoms with Crippen molar-refractivity contribution in [3.8, 4) is 0 Å². The maximum Gasteiger partial charge on any atom is 0.251 e. The number of fused-ring (bicyclic) bond motifs is 1. The lowest BCUT2D eigenvalue weighted by atomic mass is 10.1. The number of benzene rings is 2. The lowest BCUT2D eigenvalue weighted by molar-refractivity contribution is 0.0917. The molecule has 0 bridgehead atoms. The number of Topliss-reactive ketones (excluding diaryl/α,β-unsaturated/α-hetero) is 1. The van der Waals surface area contributed by atoms with E-state index in [1.54, 1.807) is 24.3 Å². The molecule has 3 rings (SSSR count). The standard InChI is InChI=1S/C19H17NO3S/c1-12(21)13-6-8-14(9-7-13)19(23)20-11-16(22)18-10-15-4-2-3-5-17(15)24-18/h2-10,16,22H,11H2,1H3,(H,20,23). The van der Waals surface area contributed by atoms with Gasteiger partial charge in [-0.05, 0) is 36.6 Å². The number of thiophene rings is 1. The Morgan fingerprint density at radius 2 is 1.75 bits per heavy atom. The van der Waals surface area contributed by atoms with Gasteiger partial charge in [-0.25, -0.2) is 0 Å². The zero-order valence-electron chi connectivity index (χ0n) is 13.2. The van der Waals surface area contributed by atoms with Gasteiger partial charge in [0.2, 0.25) is 0 Å². The van der Waals surface area contributed by atoms with Crippen molar-refractivity contribution in [2.45, 2.75) is 13.0 Å². The fourth-order valence-corrected chi connectivity index (χ4v) is 3.47. The van der Waals surface area contributed by atoms with Crippen molar-refractivity contribution in [3.63, 3.8) is 0 Å². The van der Waals surface area contributed by atoms with Crippen LogP contribution in [-0.4, -0.2) is 23.3 Å². The third-order valence-electron chi connectivity index (χ3n) is 3.78.